The highest BCUT2D eigenvalue weighted by Gasteiger charge is 2.26. The quantitative estimate of drug-likeness (QED) is 0.601. The normalized spacial score (nSPS) is 15.7. The van der Waals surface area contributed by atoms with Crippen molar-refractivity contribution in [3.63, 3.8) is 0 Å². The summed E-state index contributed by atoms with van der Waals surface area (Å²) in [6.07, 6.45) is 2.39. The molecule has 3 rings (SSSR count). The Balaban J connectivity index is 2.23. The first kappa shape index (κ1) is 8.47. The van der Waals surface area contributed by atoms with Gasteiger partial charge >= 0.3 is 0 Å². The summed E-state index contributed by atoms with van der Waals surface area (Å²) in [6.45, 7) is 0. The molecule has 15 heavy (non-hydrogen) atoms. The van der Waals surface area contributed by atoms with Crippen LogP contribution in [0.1, 0.15) is 24.5 Å². The van der Waals surface area contributed by atoms with E-state index < -0.39 is 0 Å². The van der Waals surface area contributed by atoms with Gasteiger partial charge in [-0.05, 0) is 30.9 Å². The molecule has 2 aromatic rings. The summed E-state index contributed by atoms with van der Waals surface area (Å²) in [6, 6.07) is 7.07. The van der Waals surface area contributed by atoms with Crippen LogP contribution in [0.2, 0.25) is 0 Å². The predicted octanol–water partition coefficient (Wildman–Crippen LogP) is 2.95. The molecule has 1 aliphatic carbocycles. The molecule has 1 aromatic heterocycles. The molecule has 0 atom stereocenters. The van der Waals surface area contributed by atoms with Crippen molar-refractivity contribution in [1.82, 2.24) is 4.98 Å². The number of nitro benzene ring substituents is 1. The molecular weight excluding hydrogens is 192 g/mol. The number of aromatic nitrogens is 1. The standard InChI is InChI=1S/C11H10N2O2/c14-13(15)11-3-1-2-9-8(11)6-10(12-9)7-4-5-7/h1-3,6-7,12H,4-5H2. The molecule has 76 valence electrons. The van der Waals surface area contributed by atoms with E-state index in [1.54, 1.807) is 12.1 Å². The lowest BCUT2D eigenvalue weighted by Crippen LogP contribution is -1.87. The van der Waals surface area contributed by atoms with Gasteiger partial charge in [0.1, 0.15) is 0 Å². The lowest BCUT2D eigenvalue weighted by molar-refractivity contribution is -0.383. The Morgan fingerprint density at radius 3 is 2.87 bits per heavy atom. The molecule has 0 saturated heterocycles. The first-order valence-corrected chi connectivity index (χ1v) is 5.02. The molecule has 0 amide bonds. The molecule has 1 aliphatic rings. The lowest BCUT2D eigenvalue weighted by Gasteiger charge is -1.91. The van der Waals surface area contributed by atoms with Crippen molar-refractivity contribution in [3.05, 3.63) is 40.1 Å². The number of nitrogens with zero attached hydrogens (tertiary/aromatic N) is 1. The fourth-order valence-electron chi connectivity index (χ4n) is 1.93. The second kappa shape index (κ2) is 2.82. The zero-order valence-corrected chi connectivity index (χ0v) is 8.06. The van der Waals surface area contributed by atoms with Gasteiger partial charge in [-0.3, -0.25) is 10.1 Å². The largest absolute Gasteiger partial charge is 0.358 e. The molecule has 4 heteroatoms. The summed E-state index contributed by atoms with van der Waals surface area (Å²) in [5.41, 5.74) is 2.20. The molecule has 0 spiro atoms. The van der Waals surface area contributed by atoms with Gasteiger partial charge < -0.3 is 4.98 Å². The van der Waals surface area contributed by atoms with Crippen LogP contribution in [0.5, 0.6) is 0 Å². The van der Waals surface area contributed by atoms with Crippen molar-refractivity contribution in [1.29, 1.82) is 0 Å². The second-order valence-electron chi connectivity index (χ2n) is 3.99. The van der Waals surface area contributed by atoms with Crippen molar-refractivity contribution >= 4 is 16.6 Å². The maximum Gasteiger partial charge on any atom is 0.278 e. The Kier molecular flexibility index (Phi) is 1.59. The Morgan fingerprint density at radius 2 is 2.20 bits per heavy atom. The highest BCUT2D eigenvalue weighted by atomic mass is 16.6. The van der Waals surface area contributed by atoms with E-state index in [0.717, 1.165) is 16.6 Å². The second-order valence-corrected chi connectivity index (χ2v) is 3.99. The van der Waals surface area contributed by atoms with E-state index in [4.69, 9.17) is 0 Å². The topological polar surface area (TPSA) is 58.9 Å². The molecule has 1 saturated carbocycles. The fraction of sp³-hybridized carbons (Fsp3) is 0.273. The zero-order chi connectivity index (χ0) is 10.4. The van der Waals surface area contributed by atoms with Gasteiger partial charge in [0.15, 0.2) is 0 Å². The molecule has 1 aromatic carbocycles. The number of hydrogen-bond donors (Lipinski definition) is 1. The summed E-state index contributed by atoms with van der Waals surface area (Å²) in [7, 11) is 0. The number of rotatable bonds is 2. The minimum atomic E-state index is -0.327. The Morgan fingerprint density at radius 1 is 1.40 bits per heavy atom. The molecule has 0 radical (unpaired) electrons. The molecule has 1 N–H and O–H groups in total. The SMILES string of the molecule is O=[N+]([O-])c1cccc2[nH]c(C3CC3)cc12. The number of hydrogen-bond acceptors (Lipinski definition) is 2. The van der Waals surface area contributed by atoms with Crippen molar-refractivity contribution in [2.75, 3.05) is 0 Å². The van der Waals surface area contributed by atoms with Crippen LogP contribution in [-0.4, -0.2) is 9.91 Å². The van der Waals surface area contributed by atoms with E-state index >= 15 is 0 Å². The lowest BCUT2D eigenvalue weighted by atomic mass is 10.2. The summed E-state index contributed by atoms with van der Waals surface area (Å²) >= 11 is 0. The van der Waals surface area contributed by atoms with Gasteiger partial charge in [0.2, 0.25) is 0 Å². The average molecular weight is 202 g/mol. The number of aromatic amines is 1. The van der Waals surface area contributed by atoms with Gasteiger partial charge in [0.25, 0.3) is 5.69 Å². The number of nitro groups is 1. The van der Waals surface area contributed by atoms with Crippen molar-refractivity contribution in [2.24, 2.45) is 0 Å². The first-order chi connectivity index (χ1) is 7.25. The Bertz CT molecular complexity index is 541. The number of non-ortho nitro benzene ring substituents is 1. The highest BCUT2D eigenvalue weighted by Crippen LogP contribution is 2.41. The third-order valence-corrected chi connectivity index (χ3v) is 2.88. The van der Waals surface area contributed by atoms with Crippen LogP contribution >= 0.6 is 0 Å². The minimum Gasteiger partial charge on any atom is -0.358 e. The monoisotopic (exact) mass is 202 g/mol. The fourth-order valence-corrected chi connectivity index (χ4v) is 1.93. The minimum absolute atomic E-state index is 0.190. The van der Waals surface area contributed by atoms with E-state index in [0.29, 0.717) is 5.92 Å². The van der Waals surface area contributed by atoms with Gasteiger partial charge in [-0.2, -0.15) is 0 Å². The van der Waals surface area contributed by atoms with E-state index in [1.807, 2.05) is 12.1 Å². The van der Waals surface area contributed by atoms with Crippen LogP contribution in [0.4, 0.5) is 5.69 Å². The van der Waals surface area contributed by atoms with Gasteiger partial charge in [-0.15, -0.1) is 0 Å². The van der Waals surface area contributed by atoms with Crippen LogP contribution in [0, 0.1) is 10.1 Å². The summed E-state index contributed by atoms with van der Waals surface area (Å²) in [5.74, 6) is 0.594. The van der Waals surface area contributed by atoms with E-state index in [2.05, 4.69) is 4.98 Å². The number of nitrogens with one attached hydrogen (secondary N) is 1. The van der Waals surface area contributed by atoms with Crippen molar-refractivity contribution < 1.29 is 4.92 Å². The van der Waals surface area contributed by atoms with Gasteiger partial charge in [-0.25, -0.2) is 0 Å². The van der Waals surface area contributed by atoms with Crippen LogP contribution in [0.3, 0.4) is 0 Å². The number of H-pyrrole nitrogens is 1. The Hall–Kier alpha value is -1.84. The Labute approximate surface area is 86.1 Å². The van der Waals surface area contributed by atoms with Crippen LogP contribution in [-0.2, 0) is 0 Å². The third kappa shape index (κ3) is 1.29. The van der Waals surface area contributed by atoms with Gasteiger partial charge in [-0.1, -0.05) is 6.07 Å². The maximum absolute atomic E-state index is 10.8. The molecule has 1 heterocycles. The third-order valence-electron chi connectivity index (χ3n) is 2.88. The van der Waals surface area contributed by atoms with E-state index in [9.17, 15) is 10.1 Å². The zero-order valence-electron chi connectivity index (χ0n) is 8.06. The summed E-state index contributed by atoms with van der Waals surface area (Å²) < 4.78 is 0. The molecule has 4 nitrogen and oxygen atoms in total. The van der Waals surface area contributed by atoms with Crippen LogP contribution in [0.15, 0.2) is 24.3 Å². The number of fused-ring (bicyclic) bond motifs is 1. The van der Waals surface area contributed by atoms with Gasteiger partial charge in [0.05, 0.1) is 15.8 Å². The smallest absolute Gasteiger partial charge is 0.278 e. The molecule has 0 aliphatic heterocycles. The summed E-state index contributed by atoms with van der Waals surface area (Å²) in [4.78, 5) is 13.7. The highest BCUT2D eigenvalue weighted by molar-refractivity contribution is 5.89. The number of benzene rings is 1. The predicted molar refractivity (Wildman–Crippen MR) is 56.9 cm³/mol. The maximum atomic E-state index is 10.8. The van der Waals surface area contributed by atoms with Crippen LogP contribution in [0.25, 0.3) is 10.9 Å². The van der Waals surface area contributed by atoms with Crippen LogP contribution < -0.4 is 0 Å². The molecule has 0 bridgehead atoms. The molecule has 1 fully saturated rings. The van der Waals surface area contributed by atoms with E-state index in [1.165, 1.54) is 12.8 Å². The molecular formula is C11H10N2O2. The van der Waals surface area contributed by atoms with E-state index in [-0.39, 0.29) is 10.6 Å². The van der Waals surface area contributed by atoms with Crippen molar-refractivity contribution in [3.8, 4) is 0 Å². The first-order valence-electron chi connectivity index (χ1n) is 5.02. The summed E-state index contributed by atoms with van der Waals surface area (Å²) in [5, 5.41) is 11.5. The van der Waals surface area contributed by atoms with Gasteiger partial charge in [0, 0.05) is 11.8 Å². The molecule has 0 unspecified atom stereocenters. The average Bonchev–Trinajstić information content (AvgIpc) is 2.96. The van der Waals surface area contributed by atoms with Crippen molar-refractivity contribution in [2.45, 2.75) is 18.8 Å².